The maximum atomic E-state index is 14.0. The second-order valence-corrected chi connectivity index (χ2v) is 5.15. The molecule has 25 heavy (non-hydrogen) atoms. The van der Waals surface area contributed by atoms with Gasteiger partial charge in [0.25, 0.3) is 0 Å². The minimum atomic E-state index is -0.434. The molecule has 4 rings (SSSR count). The Morgan fingerprint density at radius 2 is 1.76 bits per heavy atom. The molecule has 0 N–H and O–H groups in total. The summed E-state index contributed by atoms with van der Waals surface area (Å²) in [6.07, 6.45) is 4.81. The van der Waals surface area contributed by atoms with Crippen LogP contribution in [0.5, 0.6) is 11.6 Å². The highest BCUT2D eigenvalue weighted by atomic mass is 19.1. The minimum absolute atomic E-state index is 0.334. The molecule has 6 nitrogen and oxygen atoms in total. The maximum absolute atomic E-state index is 14.0. The standard InChI is InChI=1S/C18H12FN5O/c19-14-9-13(10-15(11-14)25-18-6-2-4-8-21-18)16-12-22-24(23-16)17-5-1-3-7-20-17/h1-12H. The number of rotatable bonds is 4. The molecule has 3 aromatic heterocycles. The van der Waals surface area contributed by atoms with E-state index in [2.05, 4.69) is 20.2 Å². The number of ether oxygens (including phenoxy) is 1. The van der Waals surface area contributed by atoms with Crippen LogP contribution < -0.4 is 4.74 Å². The molecule has 0 amide bonds. The predicted octanol–water partition coefficient (Wildman–Crippen LogP) is 3.66. The van der Waals surface area contributed by atoms with Gasteiger partial charge in [0.2, 0.25) is 5.88 Å². The summed E-state index contributed by atoms with van der Waals surface area (Å²) in [6.45, 7) is 0. The van der Waals surface area contributed by atoms with Crippen molar-refractivity contribution in [3.63, 3.8) is 0 Å². The number of nitrogens with zero attached hydrogens (tertiary/aromatic N) is 5. The van der Waals surface area contributed by atoms with Gasteiger partial charge in [-0.05, 0) is 30.3 Å². The van der Waals surface area contributed by atoms with Gasteiger partial charge in [-0.1, -0.05) is 12.1 Å². The van der Waals surface area contributed by atoms with E-state index in [0.717, 1.165) is 0 Å². The zero-order valence-corrected chi connectivity index (χ0v) is 13.0. The number of halogens is 1. The highest BCUT2D eigenvalue weighted by Gasteiger charge is 2.10. The monoisotopic (exact) mass is 333 g/mol. The lowest BCUT2D eigenvalue weighted by Gasteiger charge is -2.06. The molecule has 0 radical (unpaired) electrons. The molecule has 0 fully saturated rings. The van der Waals surface area contributed by atoms with Crippen molar-refractivity contribution < 1.29 is 9.13 Å². The fourth-order valence-corrected chi connectivity index (χ4v) is 2.28. The van der Waals surface area contributed by atoms with Gasteiger partial charge in [-0.2, -0.15) is 5.10 Å². The van der Waals surface area contributed by atoms with Gasteiger partial charge < -0.3 is 4.74 Å². The summed E-state index contributed by atoms with van der Waals surface area (Å²) < 4.78 is 19.6. The van der Waals surface area contributed by atoms with Crippen molar-refractivity contribution in [2.75, 3.05) is 0 Å². The van der Waals surface area contributed by atoms with Crippen molar-refractivity contribution in [2.24, 2.45) is 0 Å². The summed E-state index contributed by atoms with van der Waals surface area (Å²) in [7, 11) is 0. The number of aromatic nitrogens is 5. The highest BCUT2D eigenvalue weighted by molar-refractivity contribution is 5.60. The lowest BCUT2D eigenvalue weighted by molar-refractivity contribution is 0.458. The number of hydrogen-bond donors (Lipinski definition) is 0. The number of benzene rings is 1. The molecule has 0 unspecified atom stereocenters. The Kier molecular flexibility index (Phi) is 3.88. The van der Waals surface area contributed by atoms with E-state index >= 15 is 0 Å². The van der Waals surface area contributed by atoms with Crippen molar-refractivity contribution >= 4 is 0 Å². The van der Waals surface area contributed by atoms with Crippen molar-refractivity contribution in [2.45, 2.75) is 0 Å². The summed E-state index contributed by atoms with van der Waals surface area (Å²) in [4.78, 5) is 9.63. The lowest BCUT2D eigenvalue weighted by Crippen LogP contribution is -2.00. The molecule has 122 valence electrons. The Labute approximate surface area is 142 Å². The molecule has 0 spiro atoms. The fraction of sp³-hybridized carbons (Fsp3) is 0. The van der Waals surface area contributed by atoms with E-state index in [4.69, 9.17) is 4.74 Å². The first kappa shape index (κ1) is 14.9. The Hall–Kier alpha value is -3.61. The Morgan fingerprint density at radius 1 is 0.920 bits per heavy atom. The van der Waals surface area contributed by atoms with Gasteiger partial charge in [0.1, 0.15) is 17.3 Å². The van der Waals surface area contributed by atoms with E-state index in [1.807, 2.05) is 12.1 Å². The van der Waals surface area contributed by atoms with Gasteiger partial charge in [0.15, 0.2) is 5.82 Å². The van der Waals surface area contributed by atoms with Crippen LogP contribution in [0.2, 0.25) is 0 Å². The van der Waals surface area contributed by atoms with Crippen LogP contribution >= 0.6 is 0 Å². The molecule has 4 aromatic rings. The first-order valence-corrected chi connectivity index (χ1v) is 7.51. The molecule has 1 aromatic carbocycles. The van der Waals surface area contributed by atoms with Gasteiger partial charge in [0, 0.05) is 30.1 Å². The van der Waals surface area contributed by atoms with Crippen LogP contribution in [-0.4, -0.2) is 25.0 Å². The molecule has 0 aliphatic heterocycles. The Morgan fingerprint density at radius 3 is 2.52 bits per heavy atom. The fourth-order valence-electron chi connectivity index (χ4n) is 2.28. The quantitative estimate of drug-likeness (QED) is 0.570. The first-order valence-electron chi connectivity index (χ1n) is 7.51. The third kappa shape index (κ3) is 3.35. The predicted molar refractivity (Wildman–Crippen MR) is 88.9 cm³/mol. The summed E-state index contributed by atoms with van der Waals surface area (Å²) in [5.74, 6) is 0.864. The normalized spacial score (nSPS) is 10.6. The van der Waals surface area contributed by atoms with Crippen LogP contribution in [0.4, 0.5) is 4.39 Å². The lowest BCUT2D eigenvalue weighted by atomic mass is 10.1. The molecule has 0 aliphatic carbocycles. The second kappa shape index (κ2) is 6.48. The van der Waals surface area contributed by atoms with E-state index < -0.39 is 5.82 Å². The zero-order valence-electron chi connectivity index (χ0n) is 13.0. The topological polar surface area (TPSA) is 65.7 Å². The average Bonchev–Trinajstić information content (AvgIpc) is 3.13. The largest absolute Gasteiger partial charge is 0.439 e. The molecule has 0 aliphatic rings. The van der Waals surface area contributed by atoms with Gasteiger partial charge in [-0.15, -0.1) is 9.90 Å². The van der Waals surface area contributed by atoms with E-state index in [1.54, 1.807) is 48.9 Å². The Bertz CT molecular complexity index is 989. The minimum Gasteiger partial charge on any atom is -0.439 e. The molecule has 0 bridgehead atoms. The van der Waals surface area contributed by atoms with Gasteiger partial charge in [0.05, 0.1) is 6.20 Å². The van der Waals surface area contributed by atoms with E-state index in [-0.39, 0.29) is 0 Å². The van der Waals surface area contributed by atoms with Crippen LogP contribution in [0.3, 0.4) is 0 Å². The molecular weight excluding hydrogens is 321 g/mol. The van der Waals surface area contributed by atoms with Crippen molar-refractivity contribution in [3.8, 4) is 28.7 Å². The van der Waals surface area contributed by atoms with Crippen LogP contribution in [0, 0.1) is 5.82 Å². The summed E-state index contributed by atoms with van der Waals surface area (Å²) >= 11 is 0. The van der Waals surface area contributed by atoms with Crippen LogP contribution in [0.1, 0.15) is 0 Å². The van der Waals surface area contributed by atoms with Crippen molar-refractivity contribution in [1.82, 2.24) is 25.0 Å². The summed E-state index contributed by atoms with van der Waals surface area (Å²) in [6, 6.07) is 15.0. The smallest absolute Gasteiger partial charge is 0.219 e. The first-order chi connectivity index (χ1) is 12.3. The third-order valence-corrected chi connectivity index (χ3v) is 3.37. The molecule has 0 atom stereocenters. The number of hydrogen-bond acceptors (Lipinski definition) is 5. The third-order valence-electron chi connectivity index (χ3n) is 3.37. The molecule has 7 heteroatoms. The van der Waals surface area contributed by atoms with Gasteiger partial charge in [-0.25, -0.2) is 14.4 Å². The zero-order chi connectivity index (χ0) is 17.1. The summed E-state index contributed by atoms with van der Waals surface area (Å²) in [5, 5.41) is 8.52. The molecule has 0 saturated heterocycles. The molecule has 0 saturated carbocycles. The van der Waals surface area contributed by atoms with Crippen LogP contribution in [-0.2, 0) is 0 Å². The van der Waals surface area contributed by atoms with Crippen LogP contribution in [0.15, 0.2) is 73.2 Å². The van der Waals surface area contributed by atoms with E-state index in [0.29, 0.717) is 28.7 Å². The summed E-state index contributed by atoms with van der Waals surface area (Å²) in [5.41, 5.74) is 1.06. The van der Waals surface area contributed by atoms with Crippen LogP contribution in [0.25, 0.3) is 17.1 Å². The average molecular weight is 333 g/mol. The highest BCUT2D eigenvalue weighted by Crippen LogP contribution is 2.27. The molecular formula is C18H12FN5O. The molecule has 3 heterocycles. The second-order valence-electron chi connectivity index (χ2n) is 5.15. The maximum Gasteiger partial charge on any atom is 0.219 e. The number of pyridine rings is 2. The Balaban J connectivity index is 1.66. The van der Waals surface area contributed by atoms with Crippen molar-refractivity contribution in [1.29, 1.82) is 0 Å². The van der Waals surface area contributed by atoms with Crippen molar-refractivity contribution in [3.05, 3.63) is 79.0 Å². The van der Waals surface area contributed by atoms with E-state index in [9.17, 15) is 4.39 Å². The van der Waals surface area contributed by atoms with E-state index in [1.165, 1.54) is 16.9 Å². The van der Waals surface area contributed by atoms with Gasteiger partial charge >= 0.3 is 0 Å². The SMILES string of the molecule is Fc1cc(Oc2ccccn2)cc(-c2cnn(-c3ccccn3)n2)c1. The van der Waals surface area contributed by atoms with Gasteiger partial charge in [-0.3, -0.25) is 0 Å².